The highest BCUT2D eigenvalue weighted by molar-refractivity contribution is 7.09. The molecule has 3 heterocycles. The predicted molar refractivity (Wildman–Crippen MR) is 114 cm³/mol. The van der Waals surface area contributed by atoms with Crippen molar-refractivity contribution in [2.45, 2.75) is 12.8 Å². The number of aromatic nitrogens is 2. The number of amides is 1. The molecule has 0 unspecified atom stereocenters. The monoisotopic (exact) mass is 440 g/mol. The topological polar surface area (TPSA) is 67.8 Å². The molecule has 0 atom stereocenters. The SMILES string of the molecule is O=C(c1ccc2c(c1)OCO2)N1CCCN(c2nc(Cc3ccc(F)cc3)ns2)CC1. The van der Waals surface area contributed by atoms with E-state index >= 15 is 0 Å². The molecule has 0 N–H and O–H groups in total. The van der Waals surface area contributed by atoms with Crippen LogP contribution in [0.5, 0.6) is 11.5 Å². The maximum atomic E-state index is 13.1. The zero-order chi connectivity index (χ0) is 21.2. The molecular weight excluding hydrogens is 419 g/mol. The van der Waals surface area contributed by atoms with Crippen LogP contribution in [0.15, 0.2) is 42.5 Å². The van der Waals surface area contributed by atoms with E-state index in [0.29, 0.717) is 43.1 Å². The van der Waals surface area contributed by atoms with Gasteiger partial charge in [0.05, 0.1) is 0 Å². The number of ether oxygens (including phenoxy) is 2. The van der Waals surface area contributed by atoms with Crippen molar-refractivity contribution in [1.29, 1.82) is 0 Å². The number of fused-ring (bicyclic) bond motifs is 1. The molecule has 9 heteroatoms. The summed E-state index contributed by atoms with van der Waals surface area (Å²) >= 11 is 1.36. The van der Waals surface area contributed by atoms with Crippen molar-refractivity contribution in [2.24, 2.45) is 0 Å². The Morgan fingerprint density at radius 2 is 1.87 bits per heavy atom. The van der Waals surface area contributed by atoms with Crippen LogP contribution in [-0.4, -0.2) is 53.1 Å². The van der Waals surface area contributed by atoms with Crippen LogP contribution < -0.4 is 14.4 Å². The Balaban J connectivity index is 1.22. The van der Waals surface area contributed by atoms with Crippen molar-refractivity contribution in [3.05, 3.63) is 65.2 Å². The number of rotatable bonds is 4. The lowest BCUT2D eigenvalue weighted by molar-refractivity contribution is 0.0766. The highest BCUT2D eigenvalue weighted by atomic mass is 32.1. The summed E-state index contributed by atoms with van der Waals surface area (Å²) in [5.41, 5.74) is 1.58. The summed E-state index contributed by atoms with van der Waals surface area (Å²) in [4.78, 5) is 21.7. The van der Waals surface area contributed by atoms with Gasteiger partial charge in [0.15, 0.2) is 11.5 Å². The van der Waals surface area contributed by atoms with Crippen LogP contribution >= 0.6 is 11.5 Å². The Morgan fingerprint density at radius 3 is 2.74 bits per heavy atom. The van der Waals surface area contributed by atoms with Crippen molar-refractivity contribution >= 4 is 22.6 Å². The van der Waals surface area contributed by atoms with Gasteiger partial charge in [-0.1, -0.05) is 12.1 Å². The number of hydrogen-bond acceptors (Lipinski definition) is 7. The zero-order valence-electron chi connectivity index (χ0n) is 16.8. The van der Waals surface area contributed by atoms with Crippen molar-refractivity contribution < 1.29 is 18.7 Å². The first-order valence-electron chi connectivity index (χ1n) is 10.2. The molecule has 1 saturated heterocycles. The smallest absolute Gasteiger partial charge is 0.254 e. The second-order valence-electron chi connectivity index (χ2n) is 7.50. The Hall–Kier alpha value is -3.20. The van der Waals surface area contributed by atoms with Crippen LogP contribution in [-0.2, 0) is 6.42 Å². The Morgan fingerprint density at radius 1 is 1.03 bits per heavy atom. The molecule has 0 aliphatic carbocycles. The number of nitrogens with zero attached hydrogens (tertiary/aromatic N) is 4. The third kappa shape index (κ3) is 4.32. The van der Waals surface area contributed by atoms with E-state index in [1.165, 1.54) is 23.7 Å². The van der Waals surface area contributed by atoms with Crippen molar-refractivity contribution in [3.8, 4) is 11.5 Å². The average molecular weight is 441 g/mol. The molecule has 31 heavy (non-hydrogen) atoms. The molecule has 1 amide bonds. The Kier molecular flexibility index (Phi) is 5.42. The maximum Gasteiger partial charge on any atom is 0.254 e. The van der Waals surface area contributed by atoms with Gasteiger partial charge in [-0.05, 0) is 42.3 Å². The summed E-state index contributed by atoms with van der Waals surface area (Å²) in [5, 5.41) is 0.856. The maximum absolute atomic E-state index is 13.1. The number of carbonyl (C=O) groups is 1. The number of benzene rings is 2. The highest BCUT2D eigenvalue weighted by Crippen LogP contribution is 2.33. The molecule has 2 aliphatic rings. The average Bonchev–Trinajstić information content (AvgIpc) is 3.38. The van der Waals surface area contributed by atoms with Crippen LogP contribution in [0.25, 0.3) is 0 Å². The minimum absolute atomic E-state index is 0.00517. The van der Waals surface area contributed by atoms with Crippen molar-refractivity contribution in [3.63, 3.8) is 0 Å². The number of carbonyl (C=O) groups excluding carboxylic acids is 1. The van der Waals surface area contributed by atoms with E-state index in [9.17, 15) is 9.18 Å². The summed E-state index contributed by atoms with van der Waals surface area (Å²) < 4.78 is 28.3. The van der Waals surface area contributed by atoms with E-state index in [4.69, 9.17) is 9.47 Å². The van der Waals surface area contributed by atoms with Crippen molar-refractivity contribution in [2.75, 3.05) is 37.9 Å². The molecular formula is C22H21FN4O3S. The van der Waals surface area contributed by atoms with E-state index in [2.05, 4.69) is 14.3 Å². The van der Waals surface area contributed by atoms with Gasteiger partial charge in [-0.2, -0.15) is 4.37 Å². The number of anilines is 1. The first-order valence-corrected chi connectivity index (χ1v) is 10.9. The van der Waals surface area contributed by atoms with E-state index in [1.54, 1.807) is 30.3 Å². The molecule has 0 spiro atoms. The Labute approximate surface area is 183 Å². The van der Waals surface area contributed by atoms with Gasteiger partial charge in [-0.25, -0.2) is 9.37 Å². The summed E-state index contributed by atoms with van der Waals surface area (Å²) in [6.07, 6.45) is 1.42. The van der Waals surface area contributed by atoms with Gasteiger partial charge in [-0.3, -0.25) is 4.79 Å². The molecule has 1 fully saturated rings. The van der Waals surface area contributed by atoms with Crippen LogP contribution in [0.2, 0.25) is 0 Å². The molecule has 2 aromatic carbocycles. The Bertz CT molecular complexity index is 1090. The lowest BCUT2D eigenvalue weighted by atomic mass is 10.1. The van der Waals surface area contributed by atoms with Gasteiger partial charge >= 0.3 is 0 Å². The van der Waals surface area contributed by atoms with Gasteiger partial charge in [0.2, 0.25) is 11.9 Å². The number of hydrogen-bond donors (Lipinski definition) is 0. The van der Waals surface area contributed by atoms with Crippen LogP contribution in [0.1, 0.15) is 28.2 Å². The normalized spacial score (nSPS) is 15.8. The standard InChI is InChI=1S/C22H21FN4O3S/c23-17-5-2-15(3-6-17)12-20-24-22(31-25-20)27-9-1-8-26(10-11-27)21(28)16-4-7-18-19(13-16)30-14-29-18/h2-7,13H,1,8-12,14H2. The van der Waals surface area contributed by atoms with Gasteiger partial charge in [-0.15, -0.1) is 0 Å². The third-order valence-corrected chi connectivity index (χ3v) is 6.22. The molecule has 1 aromatic heterocycles. The fourth-order valence-electron chi connectivity index (χ4n) is 3.75. The highest BCUT2D eigenvalue weighted by Gasteiger charge is 2.24. The first kappa shape index (κ1) is 19.7. The summed E-state index contributed by atoms with van der Waals surface area (Å²) in [6, 6.07) is 11.7. The second kappa shape index (κ2) is 8.50. The van der Waals surface area contributed by atoms with E-state index < -0.39 is 0 Å². The zero-order valence-corrected chi connectivity index (χ0v) is 17.6. The lowest BCUT2D eigenvalue weighted by Gasteiger charge is -2.21. The van der Waals surface area contributed by atoms with Crippen molar-refractivity contribution in [1.82, 2.24) is 14.3 Å². The van der Waals surface area contributed by atoms with Gasteiger partial charge in [0.25, 0.3) is 5.91 Å². The molecule has 2 aliphatic heterocycles. The van der Waals surface area contributed by atoms with Gasteiger partial charge in [0, 0.05) is 49.7 Å². The van der Waals surface area contributed by atoms with Gasteiger partial charge in [0.1, 0.15) is 11.6 Å². The quantitative estimate of drug-likeness (QED) is 0.620. The molecule has 3 aromatic rings. The van der Waals surface area contributed by atoms with Crippen LogP contribution in [0.3, 0.4) is 0 Å². The second-order valence-corrected chi connectivity index (χ2v) is 8.23. The molecule has 160 valence electrons. The molecule has 7 nitrogen and oxygen atoms in total. The lowest BCUT2D eigenvalue weighted by Crippen LogP contribution is -2.35. The molecule has 0 saturated carbocycles. The number of halogens is 1. The van der Waals surface area contributed by atoms with E-state index in [-0.39, 0.29) is 18.5 Å². The minimum Gasteiger partial charge on any atom is -0.454 e. The largest absolute Gasteiger partial charge is 0.454 e. The first-order chi connectivity index (χ1) is 15.2. The molecule has 5 rings (SSSR count). The summed E-state index contributed by atoms with van der Waals surface area (Å²) in [5.74, 6) is 1.76. The summed E-state index contributed by atoms with van der Waals surface area (Å²) in [7, 11) is 0. The predicted octanol–water partition coefficient (Wildman–Crippen LogP) is 3.35. The third-order valence-electron chi connectivity index (χ3n) is 5.41. The van der Waals surface area contributed by atoms with Crippen LogP contribution in [0, 0.1) is 5.82 Å². The summed E-state index contributed by atoms with van der Waals surface area (Å²) in [6.45, 7) is 3.00. The van der Waals surface area contributed by atoms with Gasteiger partial charge < -0.3 is 19.3 Å². The fraction of sp³-hybridized carbons (Fsp3) is 0.318. The van der Waals surface area contributed by atoms with E-state index in [0.717, 1.165) is 29.5 Å². The molecule has 0 radical (unpaired) electrons. The fourth-order valence-corrected chi connectivity index (χ4v) is 4.49. The minimum atomic E-state index is -0.250. The van der Waals surface area contributed by atoms with Crippen LogP contribution in [0.4, 0.5) is 9.52 Å². The van der Waals surface area contributed by atoms with E-state index in [1.807, 2.05) is 4.90 Å². The molecule has 0 bridgehead atoms.